The van der Waals surface area contributed by atoms with E-state index in [9.17, 15) is 4.79 Å². The molecule has 1 heterocycles. The molecule has 0 saturated heterocycles. The van der Waals surface area contributed by atoms with Crippen molar-refractivity contribution in [1.29, 1.82) is 0 Å². The Morgan fingerprint density at radius 1 is 1.40 bits per heavy atom. The van der Waals surface area contributed by atoms with Crippen molar-refractivity contribution in [1.82, 2.24) is 0 Å². The van der Waals surface area contributed by atoms with Crippen molar-refractivity contribution >= 4 is 43.5 Å². The molecule has 0 saturated carbocycles. The van der Waals surface area contributed by atoms with Crippen LogP contribution in [0.25, 0.3) is 0 Å². The quantitative estimate of drug-likeness (QED) is 0.286. The van der Waals surface area contributed by atoms with Crippen LogP contribution < -0.4 is 10.5 Å². The highest BCUT2D eigenvalue weighted by Gasteiger charge is 2.20. The van der Waals surface area contributed by atoms with Crippen molar-refractivity contribution in [2.75, 3.05) is 19.5 Å². The van der Waals surface area contributed by atoms with Crippen LogP contribution in [0, 0.1) is 0 Å². The minimum absolute atomic E-state index is 0.0964. The van der Waals surface area contributed by atoms with Gasteiger partial charge in [-0.05, 0) is 23.8 Å². The summed E-state index contributed by atoms with van der Waals surface area (Å²) >= 11 is 4.58. The smallest absolute Gasteiger partial charge is 0.337 e. The number of nitrogens with zero attached hydrogens (tertiary/aromatic N) is 2. The third-order valence-electron chi connectivity index (χ3n) is 2.52. The van der Waals surface area contributed by atoms with Gasteiger partial charge in [-0.15, -0.1) is 20.7 Å². The third kappa shape index (κ3) is 3.75. The molecule has 2 N–H and O–H groups in total. The van der Waals surface area contributed by atoms with Crippen molar-refractivity contribution in [2.45, 2.75) is 5.75 Å². The van der Waals surface area contributed by atoms with Crippen LogP contribution in [0.2, 0.25) is 0 Å². The van der Waals surface area contributed by atoms with Crippen LogP contribution in [0.1, 0.15) is 5.56 Å². The van der Waals surface area contributed by atoms with E-state index < -0.39 is 15.0 Å². The molecule has 0 spiro atoms. The van der Waals surface area contributed by atoms with E-state index >= 15 is 0 Å². The fourth-order valence-corrected chi connectivity index (χ4v) is 3.68. The van der Waals surface area contributed by atoms with E-state index in [1.54, 1.807) is 29.3 Å². The lowest BCUT2D eigenvalue weighted by Crippen LogP contribution is -2.14. The Morgan fingerprint density at radius 3 is 2.75 bits per heavy atom. The summed E-state index contributed by atoms with van der Waals surface area (Å²) in [6.45, 7) is -0.0964. The maximum atomic E-state index is 11.4. The summed E-state index contributed by atoms with van der Waals surface area (Å²) in [6, 6.07) is 5.07. The Bertz CT molecular complexity index is 563. The molecule has 1 aromatic carbocycles. The maximum Gasteiger partial charge on any atom is 0.337 e. The number of anilines is 1. The molecule has 6 nitrogen and oxygen atoms in total. The van der Waals surface area contributed by atoms with Crippen molar-refractivity contribution in [2.24, 2.45) is 10.2 Å². The monoisotopic (exact) mass is 313 g/mol. The number of rotatable bonds is 5. The summed E-state index contributed by atoms with van der Waals surface area (Å²) < 4.78 is 9.86. The predicted molar refractivity (Wildman–Crippen MR) is 85.6 cm³/mol. The molecule has 0 amide bonds. The number of hydrogen-bond acceptors (Lipinski definition) is 7. The van der Waals surface area contributed by atoms with Crippen LogP contribution in [0.5, 0.6) is 5.75 Å². The highest BCUT2D eigenvalue weighted by molar-refractivity contribution is 8.98. The largest absolute Gasteiger partial charge is 0.425 e. The third-order valence-corrected chi connectivity index (χ3v) is 5.17. The summed E-state index contributed by atoms with van der Waals surface area (Å²) in [4.78, 5) is 11.4. The number of hydrogen-bond donors (Lipinski definition) is 2. The van der Waals surface area contributed by atoms with E-state index in [0.717, 1.165) is 5.56 Å². The van der Waals surface area contributed by atoms with Crippen molar-refractivity contribution in [3.05, 3.63) is 23.8 Å². The van der Waals surface area contributed by atoms with Crippen molar-refractivity contribution < 1.29 is 14.3 Å². The molecule has 0 bridgehead atoms. The van der Waals surface area contributed by atoms with Gasteiger partial charge >= 0.3 is 5.97 Å². The van der Waals surface area contributed by atoms with Gasteiger partial charge in [0.2, 0.25) is 0 Å². The molecule has 1 aromatic rings. The zero-order chi connectivity index (χ0) is 14.6. The van der Waals surface area contributed by atoms with Gasteiger partial charge in [0.05, 0.1) is 11.1 Å². The second-order valence-electron chi connectivity index (χ2n) is 4.16. The molecule has 108 valence electrons. The molecule has 2 rings (SSSR count). The number of benzene rings is 1. The van der Waals surface area contributed by atoms with Crippen LogP contribution in [-0.2, 0) is 15.3 Å². The fraction of sp³-hybridized carbons (Fsp3) is 0.250. The van der Waals surface area contributed by atoms with E-state index in [0.29, 0.717) is 17.2 Å². The van der Waals surface area contributed by atoms with E-state index in [1.807, 2.05) is 0 Å². The molecule has 20 heavy (non-hydrogen) atoms. The Hall–Kier alpha value is -1.51. The van der Waals surface area contributed by atoms with Gasteiger partial charge in [-0.1, -0.05) is 0 Å². The molecule has 0 radical (unpaired) electrons. The summed E-state index contributed by atoms with van der Waals surface area (Å²) in [6.07, 6.45) is 0. The van der Waals surface area contributed by atoms with E-state index in [-0.39, 0.29) is 6.61 Å². The minimum Gasteiger partial charge on any atom is -0.425 e. The van der Waals surface area contributed by atoms with Gasteiger partial charge in [0, 0.05) is 18.6 Å². The first kappa shape index (κ1) is 14.9. The zero-order valence-corrected chi connectivity index (χ0v) is 12.6. The normalized spacial score (nSPS) is 17.1. The van der Waals surface area contributed by atoms with Crippen LogP contribution >= 0.6 is 20.7 Å². The molecular weight excluding hydrogens is 298 g/mol. The van der Waals surface area contributed by atoms with Gasteiger partial charge in [0.15, 0.2) is 0 Å². The molecule has 1 aliphatic heterocycles. The lowest BCUT2D eigenvalue weighted by molar-refractivity contribution is -0.138. The van der Waals surface area contributed by atoms with Gasteiger partial charge in [-0.2, -0.15) is 10.2 Å². The highest BCUT2D eigenvalue weighted by atomic mass is 33.1. The minimum atomic E-state index is -1.47. The number of methoxy groups -OCH3 is 1. The SMILES string of the molecule is COCC(=O)Oc1ccc(N)c(CS2(S)C=NN=C2)c1. The van der Waals surface area contributed by atoms with E-state index in [4.69, 9.17) is 15.2 Å². The average molecular weight is 313 g/mol. The summed E-state index contributed by atoms with van der Waals surface area (Å²) in [5, 5.41) is 7.64. The molecule has 0 unspecified atom stereocenters. The Morgan fingerprint density at radius 2 is 2.10 bits per heavy atom. The van der Waals surface area contributed by atoms with Crippen molar-refractivity contribution in [3.63, 3.8) is 0 Å². The van der Waals surface area contributed by atoms with Crippen LogP contribution in [0.3, 0.4) is 0 Å². The Labute approximate surface area is 123 Å². The van der Waals surface area contributed by atoms with Gasteiger partial charge in [0.1, 0.15) is 12.4 Å². The number of ether oxygens (including phenoxy) is 2. The Kier molecular flexibility index (Phi) is 4.69. The lowest BCUT2D eigenvalue weighted by Gasteiger charge is -2.22. The molecular formula is C12H15N3O3S2. The fourth-order valence-electron chi connectivity index (χ4n) is 1.62. The molecule has 0 aromatic heterocycles. The standard InChI is InChI=1S/C12H15N3O3S2/c1-17-5-12(16)18-10-2-3-11(13)9(4-10)6-20(19)7-14-15-8-20/h2-4,7-8,19H,5-6,13H2,1H3. The number of nitrogens with two attached hydrogens (primary N) is 1. The van der Waals surface area contributed by atoms with Gasteiger partial charge in [0.25, 0.3) is 0 Å². The number of thiol groups is 1. The maximum absolute atomic E-state index is 11.4. The second-order valence-corrected chi connectivity index (χ2v) is 8.53. The number of esters is 1. The summed E-state index contributed by atoms with van der Waals surface area (Å²) in [7, 11) is -0.0358. The average Bonchev–Trinajstić information content (AvgIpc) is 2.80. The van der Waals surface area contributed by atoms with E-state index in [2.05, 4.69) is 21.9 Å². The van der Waals surface area contributed by atoms with Crippen LogP contribution in [-0.4, -0.2) is 30.8 Å². The van der Waals surface area contributed by atoms with Gasteiger partial charge in [-0.3, -0.25) is 0 Å². The molecule has 1 aliphatic rings. The lowest BCUT2D eigenvalue weighted by atomic mass is 10.2. The van der Waals surface area contributed by atoms with Crippen LogP contribution in [0.4, 0.5) is 5.69 Å². The second kappa shape index (κ2) is 6.29. The zero-order valence-electron chi connectivity index (χ0n) is 10.9. The summed E-state index contributed by atoms with van der Waals surface area (Å²) in [5.41, 5.74) is 10.8. The van der Waals surface area contributed by atoms with Gasteiger partial charge < -0.3 is 15.2 Å². The first-order valence-electron chi connectivity index (χ1n) is 5.70. The number of carbonyl (C=O) groups excluding carboxylic acids is 1. The van der Waals surface area contributed by atoms with Crippen LogP contribution in [0.15, 0.2) is 28.4 Å². The molecule has 8 heteroatoms. The van der Waals surface area contributed by atoms with E-state index in [1.165, 1.54) is 7.11 Å². The van der Waals surface area contributed by atoms with Gasteiger partial charge in [-0.25, -0.2) is 4.79 Å². The van der Waals surface area contributed by atoms with Crippen molar-refractivity contribution in [3.8, 4) is 5.75 Å². The topological polar surface area (TPSA) is 86.3 Å². The number of carbonyl (C=O) groups is 1. The first-order valence-corrected chi connectivity index (χ1v) is 8.68. The number of nitrogen functional groups attached to an aromatic ring is 1. The molecule has 0 aliphatic carbocycles. The highest BCUT2D eigenvalue weighted by Crippen LogP contribution is 2.53. The molecule has 0 atom stereocenters. The first-order chi connectivity index (χ1) is 9.52. The predicted octanol–water partition coefficient (Wildman–Crippen LogP) is 1.96. The Balaban J connectivity index is 2.14. The summed E-state index contributed by atoms with van der Waals surface area (Å²) in [5.74, 6) is 0.560. The molecule has 0 fully saturated rings.